The maximum absolute atomic E-state index is 12.2. The fraction of sp³-hybridized carbons (Fsp3) is 0.143. The first kappa shape index (κ1) is 6.20. The van der Waals surface area contributed by atoms with Crippen LogP contribution in [0.5, 0.6) is 0 Å². The van der Waals surface area contributed by atoms with Crippen molar-refractivity contribution in [2.24, 2.45) is 0 Å². The smallest absolute Gasteiger partial charge is 0.154 e. The molecule has 0 aliphatic heterocycles. The summed E-state index contributed by atoms with van der Waals surface area (Å²) in [5, 5.41) is 0. The Morgan fingerprint density at radius 2 is 2.44 bits per heavy atom. The van der Waals surface area contributed by atoms with Gasteiger partial charge >= 0.3 is 0 Å². The van der Waals surface area contributed by atoms with Crippen LogP contribution in [0.2, 0.25) is 0 Å². The Bertz CT molecular complexity index is 187. The Balaban J connectivity index is 2.66. The van der Waals surface area contributed by atoms with Crippen LogP contribution in [-0.2, 0) is 0 Å². The Morgan fingerprint density at radius 1 is 1.67 bits per heavy atom. The fourth-order valence-corrected chi connectivity index (χ4v) is 0.694. The third-order valence-corrected chi connectivity index (χ3v) is 1.17. The molecule has 0 radical (unpaired) electrons. The summed E-state index contributed by atoms with van der Waals surface area (Å²) in [5.41, 5.74) is 0.414. The molecule has 0 N–H and O–H groups in total. The highest BCUT2D eigenvalue weighted by Gasteiger charge is 2.03. The van der Waals surface area contributed by atoms with Crippen molar-refractivity contribution in [2.45, 2.75) is 6.42 Å². The number of halogens is 2. The quantitative estimate of drug-likeness (QED) is 0.509. The average molecular weight is 128 g/mol. The molecule has 0 saturated carbocycles. The van der Waals surface area contributed by atoms with Gasteiger partial charge < -0.3 is 0 Å². The summed E-state index contributed by atoms with van der Waals surface area (Å²) in [6.45, 7) is 0. The minimum atomic E-state index is -0.764. The molecule has 0 aromatic rings. The van der Waals surface area contributed by atoms with Crippen molar-refractivity contribution in [1.29, 1.82) is 0 Å². The van der Waals surface area contributed by atoms with Gasteiger partial charge in [-0.2, -0.15) is 0 Å². The van der Waals surface area contributed by atoms with Crippen molar-refractivity contribution in [3.05, 3.63) is 36.0 Å². The van der Waals surface area contributed by atoms with E-state index in [0.29, 0.717) is 12.0 Å². The first-order valence-electron chi connectivity index (χ1n) is 2.66. The van der Waals surface area contributed by atoms with Gasteiger partial charge in [0.2, 0.25) is 0 Å². The number of rotatable bonds is 1. The molecule has 0 amide bonds. The molecule has 0 fully saturated rings. The molecule has 48 valence electrons. The van der Waals surface area contributed by atoms with Crippen molar-refractivity contribution >= 4 is 0 Å². The van der Waals surface area contributed by atoms with Gasteiger partial charge in [0.1, 0.15) is 6.33 Å². The molecule has 1 aliphatic carbocycles. The Morgan fingerprint density at radius 3 is 2.89 bits per heavy atom. The van der Waals surface area contributed by atoms with Gasteiger partial charge in [-0.05, 0) is 12.0 Å². The van der Waals surface area contributed by atoms with Gasteiger partial charge in [-0.25, -0.2) is 8.78 Å². The molecule has 1 aliphatic rings. The van der Waals surface area contributed by atoms with E-state index in [1.165, 1.54) is 0 Å². The molecule has 0 heterocycles. The molecule has 0 unspecified atom stereocenters. The summed E-state index contributed by atoms with van der Waals surface area (Å²) in [5.74, 6) is -0.764. The van der Waals surface area contributed by atoms with E-state index in [4.69, 9.17) is 0 Å². The second kappa shape index (κ2) is 2.58. The average Bonchev–Trinajstić information content (AvgIpc) is 2.37. The molecule has 0 aromatic carbocycles. The summed E-state index contributed by atoms with van der Waals surface area (Å²) in [4.78, 5) is 0. The lowest BCUT2D eigenvalue weighted by molar-refractivity contribution is 0.592. The third kappa shape index (κ3) is 1.25. The molecular weight excluding hydrogens is 122 g/mol. The van der Waals surface area contributed by atoms with Gasteiger partial charge in [-0.1, -0.05) is 18.2 Å². The molecular formula is C7H6F2. The monoisotopic (exact) mass is 128 g/mol. The molecule has 0 nitrogen and oxygen atoms in total. The first-order valence-corrected chi connectivity index (χ1v) is 2.66. The third-order valence-electron chi connectivity index (χ3n) is 1.17. The van der Waals surface area contributed by atoms with E-state index in [2.05, 4.69) is 0 Å². The second-order valence-corrected chi connectivity index (χ2v) is 1.78. The number of hydrogen-bond acceptors (Lipinski definition) is 0. The summed E-state index contributed by atoms with van der Waals surface area (Å²) in [6.07, 6.45) is 5.54. The molecule has 2 heteroatoms. The van der Waals surface area contributed by atoms with Crippen LogP contribution in [0.25, 0.3) is 0 Å². The number of hydrogen-bond donors (Lipinski definition) is 0. The lowest BCUT2D eigenvalue weighted by Crippen LogP contribution is -1.75. The highest BCUT2D eigenvalue weighted by Crippen LogP contribution is 2.20. The van der Waals surface area contributed by atoms with Crippen LogP contribution >= 0.6 is 0 Å². The summed E-state index contributed by atoms with van der Waals surface area (Å²) in [7, 11) is 0. The van der Waals surface area contributed by atoms with Crippen LogP contribution in [0.4, 0.5) is 8.78 Å². The van der Waals surface area contributed by atoms with Crippen molar-refractivity contribution in [3.63, 3.8) is 0 Å². The molecule has 0 aromatic heterocycles. The van der Waals surface area contributed by atoms with Crippen LogP contribution < -0.4 is 0 Å². The van der Waals surface area contributed by atoms with Gasteiger partial charge in [-0.3, -0.25) is 0 Å². The minimum absolute atomic E-state index is 0.0150. The standard InChI is InChI=1S/C7H6F2/c8-5-7(9)6-3-1-2-4-6/h1-3,5H,4H2. The van der Waals surface area contributed by atoms with Crippen LogP contribution in [0.1, 0.15) is 6.42 Å². The molecule has 0 spiro atoms. The van der Waals surface area contributed by atoms with Crippen LogP contribution in [0.15, 0.2) is 36.0 Å². The van der Waals surface area contributed by atoms with Gasteiger partial charge in [0, 0.05) is 0 Å². The maximum Gasteiger partial charge on any atom is 0.154 e. The van der Waals surface area contributed by atoms with Gasteiger partial charge in [0.25, 0.3) is 0 Å². The summed E-state index contributed by atoms with van der Waals surface area (Å²) >= 11 is 0. The van der Waals surface area contributed by atoms with Gasteiger partial charge in [0.05, 0.1) is 0 Å². The molecule has 0 bridgehead atoms. The molecule has 1 rings (SSSR count). The normalized spacial score (nSPS) is 18.4. The highest BCUT2D eigenvalue weighted by atomic mass is 19.2. The Labute approximate surface area is 52.2 Å². The molecule has 0 atom stereocenters. The van der Waals surface area contributed by atoms with E-state index < -0.39 is 5.83 Å². The zero-order valence-electron chi connectivity index (χ0n) is 4.77. The zero-order valence-corrected chi connectivity index (χ0v) is 4.77. The summed E-state index contributed by atoms with van der Waals surface area (Å²) < 4.78 is 23.6. The van der Waals surface area contributed by atoms with Gasteiger partial charge in [-0.15, -0.1) is 0 Å². The molecule has 0 saturated heterocycles. The van der Waals surface area contributed by atoms with Gasteiger partial charge in [0.15, 0.2) is 5.83 Å². The van der Waals surface area contributed by atoms with E-state index in [1.54, 1.807) is 18.2 Å². The van der Waals surface area contributed by atoms with E-state index in [1.807, 2.05) is 0 Å². The van der Waals surface area contributed by atoms with Crippen LogP contribution in [0.3, 0.4) is 0 Å². The van der Waals surface area contributed by atoms with E-state index in [-0.39, 0.29) is 6.33 Å². The summed E-state index contributed by atoms with van der Waals surface area (Å²) in [6, 6.07) is 0. The lowest BCUT2D eigenvalue weighted by atomic mass is 10.2. The van der Waals surface area contributed by atoms with Crippen molar-refractivity contribution < 1.29 is 8.78 Å². The van der Waals surface area contributed by atoms with Crippen molar-refractivity contribution in [2.75, 3.05) is 0 Å². The maximum atomic E-state index is 12.2. The predicted molar refractivity (Wildman–Crippen MR) is 32.1 cm³/mol. The molecule has 9 heavy (non-hydrogen) atoms. The van der Waals surface area contributed by atoms with Crippen LogP contribution in [0, 0.1) is 0 Å². The van der Waals surface area contributed by atoms with Crippen LogP contribution in [-0.4, -0.2) is 0 Å². The Hall–Kier alpha value is -0.920. The van der Waals surface area contributed by atoms with Crippen molar-refractivity contribution in [1.82, 2.24) is 0 Å². The fourth-order valence-electron chi connectivity index (χ4n) is 0.694. The Kier molecular flexibility index (Phi) is 1.78. The SMILES string of the molecule is FC=C(F)C1=CC=CC1. The number of allylic oxidation sites excluding steroid dienone is 5. The van der Waals surface area contributed by atoms with Crippen molar-refractivity contribution in [3.8, 4) is 0 Å². The first-order chi connectivity index (χ1) is 4.34. The van der Waals surface area contributed by atoms with E-state index >= 15 is 0 Å². The topological polar surface area (TPSA) is 0 Å². The predicted octanol–water partition coefficient (Wildman–Crippen LogP) is 2.65. The highest BCUT2D eigenvalue weighted by molar-refractivity contribution is 5.34. The minimum Gasteiger partial charge on any atom is -0.212 e. The lowest BCUT2D eigenvalue weighted by Gasteiger charge is -1.91. The van der Waals surface area contributed by atoms with E-state index in [9.17, 15) is 8.78 Å². The zero-order chi connectivity index (χ0) is 6.69. The second-order valence-electron chi connectivity index (χ2n) is 1.78. The largest absolute Gasteiger partial charge is 0.212 e. The van der Waals surface area contributed by atoms with E-state index in [0.717, 1.165) is 0 Å².